The molecule has 2 aromatic carbocycles. The first kappa shape index (κ1) is 17.1. The van der Waals surface area contributed by atoms with Gasteiger partial charge in [-0.05, 0) is 42.0 Å². The minimum atomic E-state index is -0.523. The number of halogens is 1. The smallest absolute Gasteiger partial charge is 0.410 e. The number of benzene rings is 2. The summed E-state index contributed by atoms with van der Waals surface area (Å²) in [6, 6.07) is 14.5. The summed E-state index contributed by atoms with van der Waals surface area (Å²) in [6.45, 7) is 0.581. The first-order valence-electron chi connectivity index (χ1n) is 6.86. The molecule has 2 rings (SSSR count). The number of amides is 1. The Hall–Kier alpha value is -2.31. The molecule has 0 bridgehead atoms. The minimum Gasteiger partial charge on any atom is -0.410 e. The molecule has 0 fully saturated rings. The number of anilines is 1. The van der Waals surface area contributed by atoms with Gasteiger partial charge in [0.05, 0.1) is 0 Å². The molecule has 5 nitrogen and oxygen atoms in total. The number of hydrogen-bond donors (Lipinski definition) is 3. The number of nitrogens with one attached hydrogen (secondary N) is 3. The molecule has 2 aromatic rings. The van der Waals surface area contributed by atoms with Crippen LogP contribution >= 0.6 is 23.8 Å². The standard InChI is InChI=1S/C16H16ClN3O2S/c1-18-16(21)22-14-4-2-3-13(9-14)20-15(23)19-10-11-5-7-12(17)8-6-11/h2-9H,10H2,1H3,(H,18,21)(H2,19,20,23). The molecule has 0 unspecified atom stereocenters. The first-order valence-corrected chi connectivity index (χ1v) is 7.64. The topological polar surface area (TPSA) is 62.4 Å². The Morgan fingerprint density at radius 2 is 1.96 bits per heavy atom. The second kappa shape index (κ2) is 8.36. The number of thiocarbonyl (C=S) groups is 1. The van der Waals surface area contributed by atoms with Gasteiger partial charge in [0.1, 0.15) is 5.75 Å². The van der Waals surface area contributed by atoms with Crippen LogP contribution in [0.3, 0.4) is 0 Å². The maximum Gasteiger partial charge on any atom is 0.412 e. The maximum absolute atomic E-state index is 11.2. The molecule has 0 aromatic heterocycles. The molecule has 3 N–H and O–H groups in total. The number of rotatable bonds is 4. The van der Waals surface area contributed by atoms with Crippen LogP contribution in [0.4, 0.5) is 10.5 Å². The fourth-order valence-corrected chi connectivity index (χ4v) is 2.07. The van der Waals surface area contributed by atoms with E-state index in [4.69, 9.17) is 28.6 Å². The van der Waals surface area contributed by atoms with E-state index in [1.165, 1.54) is 7.05 Å². The third-order valence-corrected chi connectivity index (χ3v) is 3.37. The molecule has 0 aliphatic rings. The summed E-state index contributed by atoms with van der Waals surface area (Å²) in [7, 11) is 1.50. The molecular formula is C16H16ClN3O2S. The van der Waals surface area contributed by atoms with Crippen molar-refractivity contribution >= 4 is 40.7 Å². The van der Waals surface area contributed by atoms with Crippen LogP contribution in [0.2, 0.25) is 5.02 Å². The van der Waals surface area contributed by atoms with E-state index in [2.05, 4.69) is 16.0 Å². The lowest BCUT2D eigenvalue weighted by Crippen LogP contribution is -2.28. The first-order chi connectivity index (χ1) is 11.1. The molecule has 0 spiro atoms. The number of ether oxygens (including phenoxy) is 1. The molecule has 0 saturated carbocycles. The Morgan fingerprint density at radius 1 is 1.22 bits per heavy atom. The largest absolute Gasteiger partial charge is 0.412 e. The van der Waals surface area contributed by atoms with E-state index in [1.54, 1.807) is 18.2 Å². The van der Waals surface area contributed by atoms with Crippen LogP contribution < -0.4 is 20.7 Å². The fourth-order valence-electron chi connectivity index (χ4n) is 1.76. The van der Waals surface area contributed by atoms with Gasteiger partial charge in [0, 0.05) is 30.4 Å². The summed E-state index contributed by atoms with van der Waals surface area (Å²) < 4.78 is 5.06. The molecule has 23 heavy (non-hydrogen) atoms. The van der Waals surface area contributed by atoms with Crippen molar-refractivity contribution in [3.05, 3.63) is 59.1 Å². The van der Waals surface area contributed by atoms with Gasteiger partial charge >= 0.3 is 6.09 Å². The zero-order valence-corrected chi connectivity index (χ0v) is 14.0. The average Bonchev–Trinajstić information content (AvgIpc) is 2.54. The van der Waals surface area contributed by atoms with Crippen molar-refractivity contribution in [3.8, 4) is 5.75 Å². The van der Waals surface area contributed by atoms with Crippen molar-refractivity contribution < 1.29 is 9.53 Å². The van der Waals surface area contributed by atoms with Gasteiger partial charge in [0.2, 0.25) is 0 Å². The summed E-state index contributed by atoms with van der Waals surface area (Å²) in [5.74, 6) is 0.426. The molecule has 7 heteroatoms. The van der Waals surface area contributed by atoms with Crippen molar-refractivity contribution in [1.29, 1.82) is 0 Å². The Labute approximate surface area is 145 Å². The lowest BCUT2D eigenvalue weighted by atomic mass is 10.2. The summed E-state index contributed by atoms with van der Waals surface area (Å²) in [6.07, 6.45) is -0.523. The highest BCUT2D eigenvalue weighted by atomic mass is 35.5. The Morgan fingerprint density at radius 3 is 2.65 bits per heavy atom. The zero-order chi connectivity index (χ0) is 16.7. The van der Waals surface area contributed by atoms with Crippen molar-refractivity contribution in [3.63, 3.8) is 0 Å². The Kier molecular flexibility index (Phi) is 6.19. The zero-order valence-electron chi connectivity index (χ0n) is 12.4. The summed E-state index contributed by atoms with van der Waals surface area (Å²) >= 11 is 11.1. The summed E-state index contributed by atoms with van der Waals surface area (Å²) in [5, 5.41) is 9.69. The molecular weight excluding hydrogens is 334 g/mol. The van der Waals surface area contributed by atoms with Gasteiger partial charge in [0.25, 0.3) is 0 Å². The third-order valence-electron chi connectivity index (χ3n) is 2.87. The van der Waals surface area contributed by atoms with E-state index in [0.29, 0.717) is 22.4 Å². The average molecular weight is 350 g/mol. The van der Waals surface area contributed by atoms with Gasteiger partial charge in [-0.25, -0.2) is 4.79 Å². The predicted octanol–water partition coefficient (Wildman–Crippen LogP) is 3.54. The second-order valence-electron chi connectivity index (χ2n) is 4.60. The van der Waals surface area contributed by atoms with Crippen LogP contribution in [-0.2, 0) is 6.54 Å². The summed E-state index contributed by atoms with van der Waals surface area (Å²) in [5.41, 5.74) is 1.79. The second-order valence-corrected chi connectivity index (χ2v) is 5.45. The SMILES string of the molecule is CNC(=O)Oc1cccc(NC(=S)NCc2ccc(Cl)cc2)c1. The molecule has 1 amide bonds. The number of hydrogen-bond acceptors (Lipinski definition) is 3. The van der Waals surface area contributed by atoms with E-state index in [-0.39, 0.29) is 0 Å². The quantitative estimate of drug-likeness (QED) is 0.737. The molecule has 120 valence electrons. The van der Waals surface area contributed by atoms with Crippen LogP contribution in [0.1, 0.15) is 5.56 Å². The van der Waals surface area contributed by atoms with Crippen LogP contribution in [0.25, 0.3) is 0 Å². The third kappa shape index (κ3) is 5.77. The molecule has 0 heterocycles. The molecule has 0 radical (unpaired) electrons. The summed E-state index contributed by atoms with van der Waals surface area (Å²) in [4.78, 5) is 11.2. The minimum absolute atomic E-state index is 0.426. The highest BCUT2D eigenvalue weighted by Crippen LogP contribution is 2.17. The molecule has 0 saturated heterocycles. The van der Waals surface area contributed by atoms with Crippen molar-refractivity contribution in [2.24, 2.45) is 0 Å². The molecule has 0 aliphatic carbocycles. The van der Waals surface area contributed by atoms with Gasteiger partial charge in [0.15, 0.2) is 5.11 Å². The number of carbonyl (C=O) groups is 1. The number of carbonyl (C=O) groups excluding carboxylic acids is 1. The highest BCUT2D eigenvalue weighted by molar-refractivity contribution is 7.80. The van der Waals surface area contributed by atoms with E-state index >= 15 is 0 Å². The van der Waals surface area contributed by atoms with E-state index in [0.717, 1.165) is 11.3 Å². The van der Waals surface area contributed by atoms with Gasteiger partial charge in [-0.2, -0.15) is 0 Å². The Balaban J connectivity index is 1.88. The van der Waals surface area contributed by atoms with Gasteiger partial charge in [-0.1, -0.05) is 29.8 Å². The van der Waals surface area contributed by atoms with Crippen molar-refractivity contribution in [1.82, 2.24) is 10.6 Å². The van der Waals surface area contributed by atoms with E-state index in [1.807, 2.05) is 30.3 Å². The molecule has 0 atom stereocenters. The van der Waals surface area contributed by atoms with Crippen LogP contribution in [0, 0.1) is 0 Å². The molecule has 0 aliphatic heterocycles. The van der Waals surface area contributed by atoms with Crippen molar-refractivity contribution in [2.45, 2.75) is 6.54 Å². The van der Waals surface area contributed by atoms with E-state index in [9.17, 15) is 4.79 Å². The normalized spacial score (nSPS) is 9.83. The Bertz CT molecular complexity index is 692. The lowest BCUT2D eigenvalue weighted by Gasteiger charge is -2.11. The van der Waals surface area contributed by atoms with Gasteiger partial charge in [-0.15, -0.1) is 0 Å². The lowest BCUT2D eigenvalue weighted by molar-refractivity contribution is 0.203. The van der Waals surface area contributed by atoms with E-state index < -0.39 is 6.09 Å². The van der Waals surface area contributed by atoms with Crippen LogP contribution in [0.5, 0.6) is 5.75 Å². The van der Waals surface area contributed by atoms with Gasteiger partial charge < -0.3 is 20.7 Å². The van der Waals surface area contributed by atoms with Gasteiger partial charge in [-0.3, -0.25) is 0 Å². The van der Waals surface area contributed by atoms with Crippen molar-refractivity contribution in [2.75, 3.05) is 12.4 Å². The fraction of sp³-hybridized carbons (Fsp3) is 0.125. The maximum atomic E-state index is 11.2. The van der Waals surface area contributed by atoms with Crippen LogP contribution in [0.15, 0.2) is 48.5 Å². The monoisotopic (exact) mass is 349 g/mol. The van der Waals surface area contributed by atoms with Crippen LogP contribution in [-0.4, -0.2) is 18.3 Å². The predicted molar refractivity (Wildman–Crippen MR) is 96.0 cm³/mol. The highest BCUT2D eigenvalue weighted by Gasteiger charge is 2.03.